The third kappa shape index (κ3) is 2.28. The second-order valence-electron chi connectivity index (χ2n) is 6.84. The molecule has 2 aliphatic rings. The summed E-state index contributed by atoms with van der Waals surface area (Å²) in [6.45, 7) is 0. The van der Waals surface area contributed by atoms with Crippen molar-refractivity contribution in [2.75, 3.05) is 0 Å². The number of carbonyl (C=O) groups is 1. The normalized spacial score (nSPS) is 26.0. The lowest BCUT2D eigenvalue weighted by Gasteiger charge is -2.33. The van der Waals surface area contributed by atoms with Crippen LogP contribution in [0.15, 0.2) is 84.9 Å². The molecule has 0 unspecified atom stereocenters. The van der Waals surface area contributed by atoms with Crippen molar-refractivity contribution in [3.05, 3.63) is 102 Å². The number of hydrogen-bond donors (Lipinski definition) is 0. The molecule has 3 nitrogen and oxygen atoms in total. The molecule has 2 bridgehead atoms. The van der Waals surface area contributed by atoms with E-state index in [9.17, 15) is 4.79 Å². The Morgan fingerprint density at radius 3 is 2.27 bits per heavy atom. The first kappa shape index (κ1) is 15.4. The number of benzene rings is 3. The van der Waals surface area contributed by atoms with Crippen molar-refractivity contribution in [3.8, 4) is 5.75 Å². The average Bonchev–Trinajstić information content (AvgIpc) is 3.04. The van der Waals surface area contributed by atoms with Gasteiger partial charge in [0, 0.05) is 29.0 Å². The summed E-state index contributed by atoms with van der Waals surface area (Å²) in [5.74, 6) is -0.118. The van der Waals surface area contributed by atoms with Crippen LogP contribution in [0.2, 0.25) is 0 Å². The summed E-state index contributed by atoms with van der Waals surface area (Å²) in [6, 6.07) is 27.2. The Morgan fingerprint density at radius 1 is 0.846 bits per heavy atom. The van der Waals surface area contributed by atoms with Gasteiger partial charge in [0.25, 0.3) is 0 Å². The number of ether oxygens (including phenoxy) is 2. The van der Waals surface area contributed by atoms with Gasteiger partial charge in [0.1, 0.15) is 11.9 Å². The molecule has 26 heavy (non-hydrogen) atoms. The van der Waals surface area contributed by atoms with Crippen molar-refractivity contribution >= 4 is 5.78 Å². The van der Waals surface area contributed by atoms with E-state index >= 15 is 0 Å². The van der Waals surface area contributed by atoms with E-state index < -0.39 is 11.9 Å². The lowest BCUT2D eigenvalue weighted by atomic mass is 9.83. The molecule has 5 rings (SSSR count). The predicted molar refractivity (Wildman–Crippen MR) is 98.2 cm³/mol. The van der Waals surface area contributed by atoms with Gasteiger partial charge in [-0.1, -0.05) is 78.9 Å². The molecule has 3 atom stereocenters. The van der Waals surface area contributed by atoms with Crippen LogP contribution in [-0.4, -0.2) is 11.9 Å². The zero-order valence-corrected chi connectivity index (χ0v) is 14.2. The highest BCUT2D eigenvalue weighted by molar-refractivity contribution is 6.00. The van der Waals surface area contributed by atoms with E-state index in [2.05, 4.69) is 0 Å². The lowest BCUT2D eigenvalue weighted by Crippen LogP contribution is -2.35. The quantitative estimate of drug-likeness (QED) is 0.648. The van der Waals surface area contributed by atoms with Gasteiger partial charge in [-0.15, -0.1) is 0 Å². The number of ketones is 1. The molecule has 1 fully saturated rings. The number of rotatable bonds is 3. The maximum Gasteiger partial charge on any atom is 0.238 e. The van der Waals surface area contributed by atoms with Gasteiger partial charge in [-0.3, -0.25) is 4.79 Å². The Labute approximate surface area is 152 Å². The Bertz CT molecular complexity index is 951. The molecule has 3 aromatic rings. The average molecular weight is 342 g/mol. The number of fused-ring (bicyclic) bond motifs is 4. The second-order valence-corrected chi connectivity index (χ2v) is 6.84. The highest BCUT2D eigenvalue weighted by atomic mass is 16.7. The fourth-order valence-electron chi connectivity index (χ4n) is 4.07. The van der Waals surface area contributed by atoms with Crippen LogP contribution in [0, 0.1) is 0 Å². The van der Waals surface area contributed by atoms with Crippen LogP contribution in [0.1, 0.15) is 33.8 Å². The summed E-state index contributed by atoms with van der Waals surface area (Å²) < 4.78 is 12.7. The van der Waals surface area contributed by atoms with Gasteiger partial charge in [0.05, 0.1) is 0 Å². The minimum atomic E-state index is -0.907. The summed E-state index contributed by atoms with van der Waals surface area (Å²) >= 11 is 0. The predicted octanol–water partition coefficient (Wildman–Crippen LogP) is 4.69. The number of para-hydroxylation sites is 1. The highest BCUT2D eigenvalue weighted by Crippen LogP contribution is 2.55. The largest absolute Gasteiger partial charge is 0.458 e. The SMILES string of the molecule is O=C(c1ccccc1)[C@H]1O[C@@]2(c3ccccc3)C[C@@H]1c1ccccc1O2. The van der Waals surface area contributed by atoms with Gasteiger partial charge < -0.3 is 9.47 Å². The highest BCUT2D eigenvalue weighted by Gasteiger charge is 2.56. The molecule has 0 aromatic heterocycles. The zero-order valence-electron chi connectivity index (χ0n) is 14.2. The summed E-state index contributed by atoms with van der Waals surface area (Å²) in [6.07, 6.45) is 0.0818. The van der Waals surface area contributed by atoms with Crippen molar-refractivity contribution in [1.29, 1.82) is 0 Å². The minimum absolute atomic E-state index is 0.00806. The van der Waals surface area contributed by atoms with Crippen LogP contribution >= 0.6 is 0 Å². The molecule has 3 heteroatoms. The molecule has 3 aromatic carbocycles. The first-order chi connectivity index (χ1) is 12.8. The molecule has 0 radical (unpaired) electrons. The van der Waals surface area contributed by atoms with Crippen LogP contribution < -0.4 is 4.74 Å². The van der Waals surface area contributed by atoms with Gasteiger partial charge in [0.2, 0.25) is 5.79 Å². The molecule has 0 spiro atoms. The summed E-state index contributed by atoms with van der Waals surface area (Å²) in [5, 5.41) is 0. The smallest absolute Gasteiger partial charge is 0.238 e. The number of hydrogen-bond acceptors (Lipinski definition) is 3. The van der Waals surface area contributed by atoms with E-state index in [4.69, 9.17) is 9.47 Å². The molecular weight excluding hydrogens is 324 g/mol. The van der Waals surface area contributed by atoms with Crippen molar-refractivity contribution in [2.24, 2.45) is 0 Å². The van der Waals surface area contributed by atoms with Crippen molar-refractivity contribution in [1.82, 2.24) is 0 Å². The van der Waals surface area contributed by atoms with Crippen LogP contribution in [0.3, 0.4) is 0 Å². The molecule has 2 heterocycles. The maximum atomic E-state index is 13.2. The van der Waals surface area contributed by atoms with E-state index in [0.717, 1.165) is 16.9 Å². The summed E-state index contributed by atoms with van der Waals surface area (Å²) in [7, 11) is 0. The monoisotopic (exact) mass is 342 g/mol. The summed E-state index contributed by atoms with van der Waals surface area (Å²) in [4.78, 5) is 13.2. The molecule has 2 aliphatic heterocycles. The van der Waals surface area contributed by atoms with Crippen molar-refractivity contribution in [2.45, 2.75) is 24.2 Å². The van der Waals surface area contributed by atoms with E-state index in [-0.39, 0.29) is 11.7 Å². The second kappa shape index (κ2) is 5.82. The van der Waals surface area contributed by atoms with Crippen LogP contribution in [0.5, 0.6) is 5.75 Å². The molecule has 0 amide bonds. The standard InChI is InChI=1S/C23H18O3/c24-21(16-9-3-1-4-10-16)22-19-15-23(26-22,17-11-5-2-6-12-17)25-20-14-8-7-13-18(19)20/h1-14,19,22H,15H2/t19-,22+,23-/m1/s1. The van der Waals surface area contributed by atoms with E-state index in [1.165, 1.54) is 0 Å². The van der Waals surface area contributed by atoms with E-state index in [0.29, 0.717) is 12.0 Å². The Balaban J connectivity index is 1.62. The number of carbonyl (C=O) groups excluding carboxylic acids is 1. The minimum Gasteiger partial charge on any atom is -0.458 e. The zero-order chi connectivity index (χ0) is 17.6. The van der Waals surface area contributed by atoms with E-state index in [1.807, 2.05) is 84.9 Å². The van der Waals surface area contributed by atoms with Crippen molar-refractivity contribution in [3.63, 3.8) is 0 Å². The van der Waals surface area contributed by atoms with Crippen LogP contribution in [0.25, 0.3) is 0 Å². The topological polar surface area (TPSA) is 35.5 Å². The molecule has 1 saturated heterocycles. The fourth-order valence-corrected chi connectivity index (χ4v) is 4.07. The van der Waals surface area contributed by atoms with Gasteiger partial charge >= 0.3 is 0 Å². The molecule has 0 N–H and O–H groups in total. The van der Waals surface area contributed by atoms with Gasteiger partial charge in [0.15, 0.2) is 5.78 Å². The first-order valence-electron chi connectivity index (χ1n) is 8.87. The van der Waals surface area contributed by atoms with Crippen molar-refractivity contribution < 1.29 is 14.3 Å². The van der Waals surface area contributed by atoms with Gasteiger partial charge in [-0.2, -0.15) is 0 Å². The molecular formula is C23H18O3. The van der Waals surface area contributed by atoms with Gasteiger partial charge in [-0.05, 0) is 6.07 Å². The Hall–Kier alpha value is -2.91. The molecule has 0 aliphatic carbocycles. The number of Topliss-reactive ketones (excluding diaryl/α,β-unsaturated/α-hetero) is 1. The Kier molecular flexibility index (Phi) is 3.44. The first-order valence-corrected chi connectivity index (χ1v) is 8.87. The van der Waals surface area contributed by atoms with Gasteiger partial charge in [-0.25, -0.2) is 0 Å². The third-order valence-electron chi connectivity index (χ3n) is 5.30. The Morgan fingerprint density at radius 2 is 1.50 bits per heavy atom. The molecule has 0 saturated carbocycles. The van der Waals surface area contributed by atoms with E-state index in [1.54, 1.807) is 0 Å². The molecule has 128 valence electrons. The summed E-state index contributed by atoms with van der Waals surface area (Å²) in [5.41, 5.74) is 2.67. The maximum absolute atomic E-state index is 13.2. The lowest BCUT2D eigenvalue weighted by molar-refractivity contribution is -0.171. The third-order valence-corrected chi connectivity index (χ3v) is 5.30. The fraction of sp³-hybridized carbons (Fsp3) is 0.174. The van der Waals surface area contributed by atoms with Crippen LogP contribution in [-0.2, 0) is 10.5 Å². The van der Waals surface area contributed by atoms with Crippen LogP contribution in [0.4, 0.5) is 0 Å².